The van der Waals surface area contributed by atoms with Gasteiger partial charge in [0.2, 0.25) is 0 Å². The molecule has 0 bridgehead atoms. The van der Waals surface area contributed by atoms with Crippen molar-refractivity contribution in [1.82, 2.24) is 0 Å². The second kappa shape index (κ2) is 7.28. The van der Waals surface area contributed by atoms with Crippen LogP contribution in [-0.4, -0.2) is 0 Å². The third kappa shape index (κ3) is 3.47. The Bertz CT molecular complexity index is 1070. The monoisotopic (exact) mass is 364 g/mol. The van der Waals surface area contributed by atoms with Gasteiger partial charge in [-0.3, -0.25) is 0 Å². The van der Waals surface area contributed by atoms with Gasteiger partial charge in [0, 0.05) is 5.92 Å². The molecule has 0 spiro atoms. The average Bonchev–Trinajstić information content (AvgIpc) is 3.20. The average molecular weight is 365 g/mol. The minimum Gasteiger partial charge on any atom is -0.0986 e. The molecule has 2 aliphatic carbocycles. The molecule has 2 aromatic carbocycles. The highest BCUT2D eigenvalue weighted by Crippen LogP contribution is 2.46. The predicted molar refractivity (Wildman–Crippen MR) is 121 cm³/mol. The van der Waals surface area contributed by atoms with Crippen LogP contribution in [0.1, 0.15) is 46.6 Å². The molecule has 140 valence electrons. The van der Waals surface area contributed by atoms with Gasteiger partial charge >= 0.3 is 0 Å². The normalized spacial score (nSPS) is 20.7. The molecule has 0 aliphatic heterocycles. The Hall–Kier alpha value is -2.86. The van der Waals surface area contributed by atoms with E-state index in [0.29, 0.717) is 0 Å². The first kappa shape index (κ1) is 18.5. The van der Waals surface area contributed by atoms with Gasteiger partial charge in [-0.05, 0) is 72.6 Å². The first-order valence-electron chi connectivity index (χ1n) is 10.0. The van der Waals surface area contributed by atoms with Gasteiger partial charge in [0.1, 0.15) is 0 Å². The lowest BCUT2D eigenvalue weighted by molar-refractivity contribution is 0.996. The summed E-state index contributed by atoms with van der Waals surface area (Å²) in [4.78, 5) is 0. The number of rotatable bonds is 3. The Labute approximate surface area is 169 Å². The van der Waals surface area contributed by atoms with Crippen molar-refractivity contribution in [2.75, 3.05) is 0 Å². The Morgan fingerprint density at radius 1 is 0.893 bits per heavy atom. The molecular formula is C28H28. The number of hydrogen-bond donors (Lipinski definition) is 0. The van der Waals surface area contributed by atoms with Crippen LogP contribution < -0.4 is 0 Å². The van der Waals surface area contributed by atoms with Gasteiger partial charge in [0.25, 0.3) is 0 Å². The highest BCUT2D eigenvalue weighted by molar-refractivity contribution is 5.76. The lowest BCUT2D eigenvalue weighted by Crippen LogP contribution is -1.97. The van der Waals surface area contributed by atoms with Crippen LogP contribution in [-0.2, 0) is 0 Å². The van der Waals surface area contributed by atoms with E-state index in [1.165, 1.54) is 55.7 Å². The van der Waals surface area contributed by atoms with E-state index in [0.717, 1.165) is 12.8 Å². The van der Waals surface area contributed by atoms with E-state index in [1.807, 2.05) is 0 Å². The third-order valence-corrected chi connectivity index (χ3v) is 5.94. The fraction of sp³-hybridized carbons (Fsp3) is 0.214. The molecular weight excluding hydrogens is 336 g/mol. The van der Waals surface area contributed by atoms with Gasteiger partial charge in [-0.2, -0.15) is 0 Å². The van der Waals surface area contributed by atoms with Crippen molar-refractivity contribution in [2.24, 2.45) is 0 Å². The standard InChI is InChI=1S/C28H28/c1-18-7-6-8-25(14-18)28-21(4)15-26(22(28)5)17-23-10-11-24(16-23)27-12-9-19(2)13-20(27)3/h6-14,17,28H,4-5,15-16H2,1-3H3. The highest BCUT2D eigenvalue weighted by Gasteiger charge is 2.29. The summed E-state index contributed by atoms with van der Waals surface area (Å²) in [6, 6.07) is 15.5. The van der Waals surface area contributed by atoms with Crippen LogP contribution in [0.25, 0.3) is 5.57 Å². The lowest BCUT2D eigenvalue weighted by Gasteiger charge is -2.14. The highest BCUT2D eigenvalue weighted by atomic mass is 14.3. The maximum Gasteiger partial charge on any atom is 0.0296 e. The van der Waals surface area contributed by atoms with Crippen LogP contribution in [0.2, 0.25) is 0 Å². The molecule has 2 aliphatic rings. The van der Waals surface area contributed by atoms with Crippen molar-refractivity contribution in [3.8, 4) is 0 Å². The quantitative estimate of drug-likeness (QED) is 0.493. The molecule has 2 aromatic rings. The van der Waals surface area contributed by atoms with Crippen molar-refractivity contribution in [1.29, 1.82) is 0 Å². The van der Waals surface area contributed by atoms with E-state index >= 15 is 0 Å². The second-order valence-electron chi connectivity index (χ2n) is 8.31. The summed E-state index contributed by atoms with van der Waals surface area (Å²) in [6.45, 7) is 15.3. The van der Waals surface area contributed by atoms with Crippen LogP contribution >= 0.6 is 0 Å². The Morgan fingerprint density at radius 2 is 1.68 bits per heavy atom. The van der Waals surface area contributed by atoms with Gasteiger partial charge in [0.15, 0.2) is 0 Å². The molecule has 4 rings (SSSR count). The number of benzene rings is 2. The number of hydrogen-bond acceptors (Lipinski definition) is 0. The molecule has 0 nitrogen and oxygen atoms in total. The van der Waals surface area contributed by atoms with Crippen LogP contribution in [0, 0.1) is 20.8 Å². The molecule has 0 aromatic heterocycles. The molecule has 1 saturated carbocycles. The van der Waals surface area contributed by atoms with Crippen molar-refractivity contribution in [2.45, 2.75) is 39.5 Å². The molecule has 1 unspecified atom stereocenters. The summed E-state index contributed by atoms with van der Waals surface area (Å²) in [5, 5.41) is 0. The summed E-state index contributed by atoms with van der Waals surface area (Å²) < 4.78 is 0. The Balaban J connectivity index is 1.53. The van der Waals surface area contributed by atoms with Crippen LogP contribution in [0.3, 0.4) is 0 Å². The summed E-state index contributed by atoms with van der Waals surface area (Å²) in [5.41, 5.74) is 13.2. The molecule has 0 radical (unpaired) electrons. The predicted octanol–water partition coefficient (Wildman–Crippen LogP) is 7.55. The van der Waals surface area contributed by atoms with E-state index in [2.05, 4.69) is 94.6 Å². The lowest BCUT2D eigenvalue weighted by atomic mass is 9.90. The van der Waals surface area contributed by atoms with Gasteiger partial charge in [-0.15, -0.1) is 0 Å². The van der Waals surface area contributed by atoms with Gasteiger partial charge < -0.3 is 0 Å². The summed E-state index contributed by atoms with van der Waals surface area (Å²) in [7, 11) is 0. The van der Waals surface area contributed by atoms with Gasteiger partial charge in [-0.1, -0.05) is 90.6 Å². The largest absolute Gasteiger partial charge is 0.0986 e. The zero-order valence-corrected chi connectivity index (χ0v) is 17.2. The first-order chi connectivity index (χ1) is 13.4. The summed E-state index contributed by atoms with van der Waals surface area (Å²) >= 11 is 0. The van der Waals surface area contributed by atoms with Crippen LogP contribution in [0.15, 0.2) is 96.1 Å². The van der Waals surface area contributed by atoms with E-state index in [-0.39, 0.29) is 5.92 Å². The molecule has 1 fully saturated rings. The zero-order valence-electron chi connectivity index (χ0n) is 17.2. The molecule has 0 N–H and O–H groups in total. The van der Waals surface area contributed by atoms with Crippen molar-refractivity contribution >= 4 is 5.57 Å². The molecule has 0 heteroatoms. The molecule has 28 heavy (non-hydrogen) atoms. The fourth-order valence-electron chi connectivity index (χ4n) is 4.55. The van der Waals surface area contributed by atoms with Crippen molar-refractivity contribution in [3.63, 3.8) is 0 Å². The molecule has 1 atom stereocenters. The summed E-state index contributed by atoms with van der Waals surface area (Å²) in [6.07, 6.45) is 8.79. The first-order valence-corrected chi connectivity index (χ1v) is 10.0. The maximum atomic E-state index is 4.44. The second-order valence-corrected chi connectivity index (χ2v) is 8.31. The van der Waals surface area contributed by atoms with Crippen molar-refractivity contribution in [3.05, 3.63) is 124 Å². The molecule has 0 amide bonds. The third-order valence-electron chi connectivity index (χ3n) is 5.94. The van der Waals surface area contributed by atoms with Crippen LogP contribution in [0.4, 0.5) is 0 Å². The minimum absolute atomic E-state index is 0.250. The Morgan fingerprint density at radius 3 is 2.43 bits per heavy atom. The Kier molecular flexibility index (Phi) is 4.81. The molecule has 0 heterocycles. The molecule has 0 saturated heterocycles. The van der Waals surface area contributed by atoms with Gasteiger partial charge in [0.05, 0.1) is 0 Å². The smallest absolute Gasteiger partial charge is 0.0296 e. The fourth-order valence-corrected chi connectivity index (χ4v) is 4.55. The zero-order chi connectivity index (χ0) is 19.8. The van der Waals surface area contributed by atoms with Gasteiger partial charge in [-0.25, -0.2) is 0 Å². The number of allylic oxidation sites excluding steroid dienone is 8. The number of aryl methyl sites for hydroxylation is 3. The SMILES string of the molecule is C=C1CC(=CC2=CC=C(c3ccc(C)cc3C)C2)C(=C)C1c1cccc(C)c1. The van der Waals surface area contributed by atoms with E-state index in [1.54, 1.807) is 0 Å². The topological polar surface area (TPSA) is 0 Å². The van der Waals surface area contributed by atoms with E-state index in [9.17, 15) is 0 Å². The van der Waals surface area contributed by atoms with E-state index in [4.69, 9.17) is 0 Å². The maximum absolute atomic E-state index is 4.44. The minimum atomic E-state index is 0.250. The van der Waals surface area contributed by atoms with Crippen molar-refractivity contribution < 1.29 is 0 Å². The van der Waals surface area contributed by atoms with E-state index < -0.39 is 0 Å². The van der Waals surface area contributed by atoms with Crippen LogP contribution in [0.5, 0.6) is 0 Å². The summed E-state index contributed by atoms with van der Waals surface area (Å²) in [5.74, 6) is 0.250.